The Kier molecular flexibility index (Phi) is 6.25. The lowest BCUT2D eigenvalue weighted by Crippen LogP contribution is -2.44. The zero-order valence-electron chi connectivity index (χ0n) is 15.9. The summed E-state index contributed by atoms with van der Waals surface area (Å²) in [6, 6.07) is 21.1. The van der Waals surface area contributed by atoms with Crippen molar-refractivity contribution in [1.82, 2.24) is 0 Å². The van der Waals surface area contributed by atoms with Crippen LogP contribution in [0.1, 0.15) is 12.5 Å². The fraction of sp³-hybridized carbons (Fsp3) is 0.136. The molecule has 0 spiro atoms. The molecule has 3 rings (SSSR count). The Hall–Kier alpha value is -2.83. The maximum Gasteiger partial charge on any atom is 0.281 e. The summed E-state index contributed by atoms with van der Waals surface area (Å²) >= 11 is 5.96. The summed E-state index contributed by atoms with van der Waals surface area (Å²) in [4.78, 5) is 13.3. The minimum Gasteiger partial charge on any atom is -0.481 e. The van der Waals surface area contributed by atoms with Crippen molar-refractivity contribution in [3.63, 3.8) is 0 Å². The number of nitrogens with zero attached hydrogens (tertiary/aromatic N) is 1. The number of ether oxygens (including phenoxy) is 1. The summed E-state index contributed by atoms with van der Waals surface area (Å²) in [6.45, 7) is 3.32. The van der Waals surface area contributed by atoms with Crippen LogP contribution in [0.5, 0.6) is 5.75 Å². The lowest BCUT2D eigenvalue weighted by atomic mass is 10.2. The number of hydrogen-bond acceptors (Lipinski definition) is 4. The summed E-state index contributed by atoms with van der Waals surface area (Å²) < 4.78 is 33.1. The molecular formula is C22H20ClNO4S. The quantitative estimate of drug-likeness (QED) is 0.562. The number of carbonyl (C=O) groups is 1. The van der Waals surface area contributed by atoms with Gasteiger partial charge in [0.1, 0.15) is 5.75 Å². The van der Waals surface area contributed by atoms with Gasteiger partial charge in [0.05, 0.1) is 10.6 Å². The first-order valence-electron chi connectivity index (χ1n) is 8.93. The Bertz CT molecular complexity index is 1100. The van der Waals surface area contributed by atoms with Crippen molar-refractivity contribution in [2.24, 2.45) is 0 Å². The van der Waals surface area contributed by atoms with Crippen molar-refractivity contribution in [1.29, 1.82) is 0 Å². The minimum atomic E-state index is -4.12. The number of para-hydroxylation sites is 1. The lowest BCUT2D eigenvalue weighted by Gasteiger charge is -2.26. The Morgan fingerprint density at radius 3 is 2.14 bits per heavy atom. The van der Waals surface area contributed by atoms with Crippen LogP contribution in [-0.4, -0.2) is 20.4 Å². The van der Waals surface area contributed by atoms with E-state index in [0.717, 1.165) is 9.87 Å². The van der Waals surface area contributed by atoms with E-state index in [-0.39, 0.29) is 10.6 Å². The number of amides is 1. The molecule has 0 aromatic heterocycles. The molecule has 0 aliphatic rings. The third-order valence-electron chi connectivity index (χ3n) is 4.26. The molecule has 0 N–H and O–H groups in total. The van der Waals surface area contributed by atoms with Crippen molar-refractivity contribution < 1.29 is 17.9 Å². The molecule has 0 radical (unpaired) electrons. The first-order chi connectivity index (χ1) is 13.8. The molecule has 0 heterocycles. The number of aryl methyl sites for hydroxylation is 1. The predicted octanol–water partition coefficient (Wildman–Crippen LogP) is 4.84. The van der Waals surface area contributed by atoms with E-state index < -0.39 is 22.0 Å². The number of halogens is 1. The van der Waals surface area contributed by atoms with E-state index in [9.17, 15) is 13.2 Å². The maximum atomic E-state index is 13.3. The second-order valence-electron chi connectivity index (χ2n) is 6.43. The Labute approximate surface area is 175 Å². The molecule has 1 atom stereocenters. The van der Waals surface area contributed by atoms with Crippen LogP contribution in [0.3, 0.4) is 0 Å². The van der Waals surface area contributed by atoms with Crippen LogP contribution in [0.2, 0.25) is 5.02 Å². The second kappa shape index (κ2) is 8.68. The van der Waals surface area contributed by atoms with Crippen LogP contribution >= 0.6 is 11.6 Å². The smallest absolute Gasteiger partial charge is 0.281 e. The maximum absolute atomic E-state index is 13.3. The van der Waals surface area contributed by atoms with Crippen LogP contribution in [-0.2, 0) is 14.8 Å². The molecule has 3 aromatic rings. The standard InChI is InChI=1S/C22H20ClNO4S/c1-16-15-18(23)13-14-21(16)28-17(2)22(25)24(19-9-5-3-6-10-19)29(26,27)20-11-7-4-8-12-20/h3-15,17H,1-2H3. The summed E-state index contributed by atoms with van der Waals surface area (Å²) in [7, 11) is -4.12. The van der Waals surface area contributed by atoms with Gasteiger partial charge >= 0.3 is 0 Å². The second-order valence-corrected chi connectivity index (χ2v) is 8.65. The number of sulfonamides is 1. The number of benzene rings is 3. The van der Waals surface area contributed by atoms with Crippen molar-refractivity contribution in [2.45, 2.75) is 24.8 Å². The fourth-order valence-corrected chi connectivity index (χ4v) is 4.52. The molecule has 5 nitrogen and oxygen atoms in total. The van der Waals surface area contributed by atoms with Gasteiger partial charge in [-0.05, 0) is 61.9 Å². The van der Waals surface area contributed by atoms with E-state index in [1.54, 1.807) is 73.7 Å². The minimum absolute atomic E-state index is 0.0204. The largest absolute Gasteiger partial charge is 0.481 e. The zero-order valence-corrected chi connectivity index (χ0v) is 17.5. The Balaban J connectivity index is 1.99. The molecule has 0 saturated carbocycles. The molecule has 0 aliphatic carbocycles. The van der Waals surface area contributed by atoms with Crippen molar-refractivity contribution >= 4 is 33.2 Å². The van der Waals surface area contributed by atoms with Gasteiger partial charge in [0, 0.05) is 5.02 Å². The molecule has 150 valence electrons. The van der Waals surface area contributed by atoms with Gasteiger partial charge in [0.25, 0.3) is 15.9 Å². The van der Waals surface area contributed by atoms with Gasteiger partial charge in [0.2, 0.25) is 0 Å². The highest BCUT2D eigenvalue weighted by molar-refractivity contribution is 7.93. The summed E-state index contributed by atoms with van der Waals surface area (Å²) in [5.41, 5.74) is 0.985. The molecule has 0 fully saturated rings. The third kappa shape index (κ3) is 4.60. The summed E-state index contributed by atoms with van der Waals surface area (Å²) in [5, 5.41) is 0.548. The van der Waals surface area contributed by atoms with E-state index in [2.05, 4.69) is 0 Å². The SMILES string of the molecule is Cc1cc(Cl)ccc1OC(C)C(=O)N(c1ccccc1)S(=O)(=O)c1ccccc1. The van der Waals surface area contributed by atoms with Crippen LogP contribution < -0.4 is 9.04 Å². The van der Waals surface area contributed by atoms with Crippen molar-refractivity contribution in [3.8, 4) is 5.75 Å². The van der Waals surface area contributed by atoms with Gasteiger partial charge in [-0.15, -0.1) is 0 Å². The van der Waals surface area contributed by atoms with Crippen LogP contribution in [0.15, 0.2) is 83.8 Å². The zero-order chi connectivity index (χ0) is 21.0. The molecule has 0 bridgehead atoms. The van der Waals surface area contributed by atoms with Crippen LogP contribution in [0.4, 0.5) is 5.69 Å². The van der Waals surface area contributed by atoms with Gasteiger partial charge in [-0.3, -0.25) is 4.79 Å². The van der Waals surface area contributed by atoms with E-state index >= 15 is 0 Å². The molecule has 1 amide bonds. The lowest BCUT2D eigenvalue weighted by molar-refractivity contribution is -0.123. The number of hydrogen-bond donors (Lipinski definition) is 0. The molecule has 7 heteroatoms. The fourth-order valence-electron chi connectivity index (χ4n) is 2.80. The average molecular weight is 430 g/mol. The Morgan fingerprint density at radius 1 is 0.966 bits per heavy atom. The highest BCUT2D eigenvalue weighted by atomic mass is 35.5. The highest BCUT2D eigenvalue weighted by Crippen LogP contribution is 2.27. The van der Waals surface area contributed by atoms with Crippen LogP contribution in [0, 0.1) is 6.92 Å². The van der Waals surface area contributed by atoms with E-state index in [1.165, 1.54) is 19.1 Å². The van der Waals surface area contributed by atoms with Crippen LogP contribution in [0.25, 0.3) is 0 Å². The topological polar surface area (TPSA) is 63.7 Å². The molecular weight excluding hydrogens is 410 g/mol. The van der Waals surface area contributed by atoms with Gasteiger partial charge in [0.15, 0.2) is 6.10 Å². The molecule has 1 unspecified atom stereocenters. The molecule has 29 heavy (non-hydrogen) atoms. The number of anilines is 1. The summed E-state index contributed by atoms with van der Waals surface area (Å²) in [5.74, 6) is -0.241. The van der Waals surface area contributed by atoms with Crippen molar-refractivity contribution in [3.05, 3.63) is 89.4 Å². The molecule has 0 aliphatic heterocycles. The van der Waals surface area contributed by atoms with E-state index in [4.69, 9.17) is 16.3 Å². The molecule has 0 saturated heterocycles. The van der Waals surface area contributed by atoms with Gasteiger partial charge < -0.3 is 4.74 Å². The van der Waals surface area contributed by atoms with E-state index in [1.807, 2.05) is 0 Å². The Morgan fingerprint density at radius 2 is 1.55 bits per heavy atom. The normalized spacial score (nSPS) is 12.2. The number of carbonyl (C=O) groups excluding carboxylic acids is 1. The van der Waals surface area contributed by atoms with Crippen molar-refractivity contribution in [2.75, 3.05) is 4.31 Å². The first kappa shape index (κ1) is 20.9. The third-order valence-corrected chi connectivity index (χ3v) is 6.24. The predicted molar refractivity (Wildman–Crippen MR) is 114 cm³/mol. The average Bonchev–Trinajstić information content (AvgIpc) is 2.71. The summed E-state index contributed by atoms with van der Waals surface area (Å²) in [6.07, 6.45) is -1.05. The number of rotatable bonds is 6. The van der Waals surface area contributed by atoms with Gasteiger partial charge in [-0.1, -0.05) is 48.0 Å². The van der Waals surface area contributed by atoms with Gasteiger partial charge in [-0.25, -0.2) is 8.42 Å². The highest BCUT2D eigenvalue weighted by Gasteiger charge is 2.34. The van der Waals surface area contributed by atoms with Gasteiger partial charge in [-0.2, -0.15) is 4.31 Å². The van der Waals surface area contributed by atoms with E-state index in [0.29, 0.717) is 10.8 Å². The molecule has 3 aromatic carbocycles. The monoisotopic (exact) mass is 429 g/mol. The first-order valence-corrected chi connectivity index (χ1v) is 10.7.